The number of fused-ring (bicyclic) bond motifs is 1. The molecule has 0 radical (unpaired) electrons. The van der Waals surface area contributed by atoms with E-state index in [0.29, 0.717) is 12.2 Å². The maximum absolute atomic E-state index is 12.7. The van der Waals surface area contributed by atoms with Crippen LogP contribution in [0.5, 0.6) is 0 Å². The lowest BCUT2D eigenvalue weighted by atomic mass is 9.94. The molecule has 2 aromatic rings. The maximum Gasteiger partial charge on any atom is 0.272 e. The molecule has 1 aliphatic heterocycles. The largest absolute Gasteiger partial charge is 0.396 e. The Bertz CT molecular complexity index is 656. The minimum absolute atomic E-state index is 0.0357. The van der Waals surface area contributed by atoms with Gasteiger partial charge in [-0.1, -0.05) is 24.3 Å². The quantitative estimate of drug-likeness (QED) is 0.921. The number of piperidine rings is 1. The second-order valence-electron chi connectivity index (χ2n) is 5.82. The number of aromatic nitrogens is 1. The van der Waals surface area contributed by atoms with Gasteiger partial charge in [0.2, 0.25) is 0 Å². The summed E-state index contributed by atoms with van der Waals surface area (Å²) >= 11 is 0. The molecule has 21 heavy (non-hydrogen) atoms. The molecular weight excluding hydrogens is 264 g/mol. The Morgan fingerprint density at radius 3 is 2.90 bits per heavy atom. The van der Waals surface area contributed by atoms with Gasteiger partial charge in [-0.15, -0.1) is 0 Å². The number of rotatable bonds is 2. The van der Waals surface area contributed by atoms with Crippen molar-refractivity contribution in [3.63, 3.8) is 0 Å². The lowest BCUT2D eigenvalue weighted by Gasteiger charge is -2.37. The molecule has 1 aliphatic rings. The fourth-order valence-corrected chi connectivity index (χ4v) is 2.95. The number of benzene rings is 1. The van der Waals surface area contributed by atoms with Gasteiger partial charge in [0.15, 0.2) is 0 Å². The Morgan fingerprint density at radius 2 is 2.10 bits per heavy atom. The van der Waals surface area contributed by atoms with E-state index in [9.17, 15) is 9.90 Å². The first-order valence-electron chi connectivity index (χ1n) is 7.46. The van der Waals surface area contributed by atoms with Crippen molar-refractivity contribution in [3.05, 3.63) is 42.1 Å². The topological polar surface area (TPSA) is 53.4 Å². The smallest absolute Gasteiger partial charge is 0.272 e. The Morgan fingerprint density at radius 1 is 1.29 bits per heavy atom. The van der Waals surface area contributed by atoms with Crippen LogP contribution in [0.4, 0.5) is 0 Å². The Labute approximate surface area is 124 Å². The normalized spacial score (nSPS) is 22.5. The van der Waals surface area contributed by atoms with Crippen molar-refractivity contribution in [3.8, 4) is 0 Å². The number of nitrogens with zero attached hydrogens (tertiary/aromatic N) is 2. The summed E-state index contributed by atoms with van der Waals surface area (Å²) in [4.78, 5) is 19.0. The lowest BCUT2D eigenvalue weighted by molar-refractivity contribution is 0.0483. The van der Waals surface area contributed by atoms with Crippen LogP contribution in [-0.2, 0) is 0 Å². The lowest BCUT2D eigenvalue weighted by Crippen LogP contribution is -2.46. The van der Waals surface area contributed by atoms with E-state index < -0.39 is 0 Å². The fourth-order valence-electron chi connectivity index (χ4n) is 2.95. The summed E-state index contributed by atoms with van der Waals surface area (Å²) in [5.74, 6) is 0.150. The van der Waals surface area contributed by atoms with E-state index in [0.717, 1.165) is 23.7 Å². The SMILES string of the molecule is CC1CCC(CO)CN1C(=O)c1ccc2ccccc2n1. The third kappa shape index (κ3) is 2.76. The highest BCUT2D eigenvalue weighted by molar-refractivity contribution is 5.95. The monoisotopic (exact) mass is 284 g/mol. The zero-order valence-corrected chi connectivity index (χ0v) is 12.2. The summed E-state index contributed by atoms with van der Waals surface area (Å²) in [5.41, 5.74) is 1.32. The molecular formula is C17H20N2O2. The van der Waals surface area contributed by atoms with E-state index >= 15 is 0 Å². The average Bonchev–Trinajstić information content (AvgIpc) is 2.54. The average molecular weight is 284 g/mol. The van der Waals surface area contributed by atoms with Crippen molar-refractivity contribution < 1.29 is 9.90 Å². The molecule has 1 amide bonds. The molecule has 4 heteroatoms. The molecule has 0 bridgehead atoms. The van der Waals surface area contributed by atoms with Crippen LogP contribution >= 0.6 is 0 Å². The molecule has 0 aliphatic carbocycles. The van der Waals surface area contributed by atoms with Crippen LogP contribution in [0.1, 0.15) is 30.3 Å². The molecule has 0 spiro atoms. The highest BCUT2D eigenvalue weighted by Gasteiger charge is 2.29. The van der Waals surface area contributed by atoms with E-state index in [1.165, 1.54) is 0 Å². The number of aliphatic hydroxyl groups is 1. The van der Waals surface area contributed by atoms with E-state index in [-0.39, 0.29) is 24.5 Å². The third-order valence-electron chi connectivity index (χ3n) is 4.32. The molecule has 4 nitrogen and oxygen atoms in total. The summed E-state index contributed by atoms with van der Waals surface area (Å²) in [6.45, 7) is 2.82. The summed E-state index contributed by atoms with van der Waals surface area (Å²) in [6.07, 6.45) is 1.91. The molecule has 1 fully saturated rings. The number of hydrogen-bond acceptors (Lipinski definition) is 3. The molecule has 2 atom stereocenters. The molecule has 2 unspecified atom stereocenters. The van der Waals surface area contributed by atoms with Gasteiger partial charge in [0.25, 0.3) is 5.91 Å². The van der Waals surface area contributed by atoms with Gasteiger partial charge < -0.3 is 10.0 Å². The zero-order chi connectivity index (χ0) is 14.8. The van der Waals surface area contributed by atoms with E-state index in [1.807, 2.05) is 35.2 Å². The Kier molecular flexibility index (Phi) is 3.88. The molecule has 1 saturated heterocycles. The summed E-state index contributed by atoms with van der Waals surface area (Å²) in [5, 5.41) is 10.4. The van der Waals surface area contributed by atoms with Gasteiger partial charge in [0.1, 0.15) is 5.69 Å². The number of amides is 1. The van der Waals surface area contributed by atoms with E-state index in [2.05, 4.69) is 11.9 Å². The van der Waals surface area contributed by atoms with Crippen molar-refractivity contribution in [2.75, 3.05) is 13.2 Å². The number of likely N-dealkylation sites (tertiary alicyclic amines) is 1. The van der Waals surface area contributed by atoms with Crippen LogP contribution in [0, 0.1) is 5.92 Å². The molecule has 1 aromatic carbocycles. The first kappa shape index (κ1) is 14.0. The van der Waals surface area contributed by atoms with Crippen LogP contribution in [0.3, 0.4) is 0 Å². The minimum Gasteiger partial charge on any atom is -0.396 e. The highest BCUT2D eigenvalue weighted by atomic mass is 16.3. The van der Waals surface area contributed by atoms with Crippen LogP contribution in [0.15, 0.2) is 36.4 Å². The predicted molar refractivity (Wildman–Crippen MR) is 82.1 cm³/mol. The van der Waals surface area contributed by atoms with Crippen molar-refractivity contribution in [1.82, 2.24) is 9.88 Å². The number of aliphatic hydroxyl groups excluding tert-OH is 1. The molecule has 110 valence electrons. The maximum atomic E-state index is 12.7. The summed E-state index contributed by atoms with van der Waals surface area (Å²) in [6, 6.07) is 11.7. The molecule has 3 rings (SSSR count). The van der Waals surface area contributed by atoms with Crippen molar-refractivity contribution >= 4 is 16.8 Å². The van der Waals surface area contributed by atoms with Crippen LogP contribution in [-0.4, -0.2) is 40.1 Å². The van der Waals surface area contributed by atoms with Crippen LogP contribution < -0.4 is 0 Å². The van der Waals surface area contributed by atoms with Gasteiger partial charge in [-0.25, -0.2) is 4.98 Å². The first-order chi connectivity index (χ1) is 10.2. The summed E-state index contributed by atoms with van der Waals surface area (Å²) in [7, 11) is 0. The minimum atomic E-state index is -0.0357. The molecule has 1 aromatic heterocycles. The number of hydrogen-bond donors (Lipinski definition) is 1. The van der Waals surface area contributed by atoms with Gasteiger partial charge >= 0.3 is 0 Å². The Balaban J connectivity index is 1.88. The molecule has 2 heterocycles. The summed E-state index contributed by atoms with van der Waals surface area (Å²) < 4.78 is 0. The van der Waals surface area contributed by atoms with Crippen molar-refractivity contribution in [1.29, 1.82) is 0 Å². The van der Waals surface area contributed by atoms with Gasteiger partial charge in [0, 0.05) is 24.6 Å². The second-order valence-corrected chi connectivity index (χ2v) is 5.82. The van der Waals surface area contributed by atoms with Crippen molar-refractivity contribution in [2.24, 2.45) is 5.92 Å². The van der Waals surface area contributed by atoms with Gasteiger partial charge in [0.05, 0.1) is 5.52 Å². The van der Waals surface area contributed by atoms with Crippen LogP contribution in [0.2, 0.25) is 0 Å². The van der Waals surface area contributed by atoms with Gasteiger partial charge in [-0.2, -0.15) is 0 Å². The number of carbonyl (C=O) groups is 1. The Hall–Kier alpha value is -1.94. The third-order valence-corrected chi connectivity index (χ3v) is 4.32. The second kappa shape index (κ2) is 5.82. The molecule has 0 saturated carbocycles. The zero-order valence-electron chi connectivity index (χ0n) is 12.2. The van der Waals surface area contributed by atoms with Crippen molar-refractivity contribution in [2.45, 2.75) is 25.8 Å². The standard InChI is InChI=1S/C17H20N2O2/c1-12-6-7-13(11-20)10-19(12)17(21)16-9-8-14-4-2-3-5-15(14)18-16/h2-5,8-9,12-13,20H,6-7,10-11H2,1H3. The van der Waals surface area contributed by atoms with Gasteiger partial charge in [-0.3, -0.25) is 4.79 Å². The number of para-hydroxylation sites is 1. The predicted octanol–water partition coefficient (Wildman–Crippen LogP) is 2.47. The first-order valence-corrected chi connectivity index (χ1v) is 7.46. The number of pyridine rings is 1. The van der Waals surface area contributed by atoms with E-state index in [1.54, 1.807) is 6.07 Å². The highest BCUT2D eigenvalue weighted by Crippen LogP contribution is 2.23. The van der Waals surface area contributed by atoms with E-state index in [4.69, 9.17) is 0 Å². The number of carbonyl (C=O) groups excluding carboxylic acids is 1. The fraction of sp³-hybridized carbons (Fsp3) is 0.412. The van der Waals surface area contributed by atoms with Crippen LogP contribution in [0.25, 0.3) is 10.9 Å². The molecule has 1 N–H and O–H groups in total. The van der Waals surface area contributed by atoms with Gasteiger partial charge in [-0.05, 0) is 37.8 Å².